The van der Waals surface area contributed by atoms with Crippen LogP contribution in [0.1, 0.15) is 35.8 Å². The minimum absolute atomic E-state index is 0.0609. The highest BCUT2D eigenvalue weighted by atomic mass is 16.5. The van der Waals surface area contributed by atoms with Crippen LogP contribution in [0.5, 0.6) is 0 Å². The summed E-state index contributed by atoms with van der Waals surface area (Å²) < 4.78 is 9.60. The third-order valence-corrected chi connectivity index (χ3v) is 7.03. The van der Waals surface area contributed by atoms with Gasteiger partial charge in [-0.3, -0.25) is 9.59 Å². The smallest absolute Gasteiger partial charge is 0.309 e. The van der Waals surface area contributed by atoms with E-state index >= 15 is 0 Å². The van der Waals surface area contributed by atoms with Crippen LogP contribution in [0.15, 0.2) is 84.9 Å². The monoisotopic (exact) mass is 452 g/mol. The zero-order valence-corrected chi connectivity index (χ0v) is 19.4. The first-order chi connectivity index (χ1) is 16.6. The normalized spacial score (nSPS) is 22.4. The molecule has 0 aromatic heterocycles. The van der Waals surface area contributed by atoms with E-state index in [1.54, 1.807) is 0 Å². The Balaban J connectivity index is 0.000000142. The quantitative estimate of drug-likeness (QED) is 0.344. The van der Waals surface area contributed by atoms with E-state index in [4.69, 9.17) is 9.47 Å². The fourth-order valence-corrected chi connectivity index (χ4v) is 5.05. The number of rotatable bonds is 4. The third-order valence-electron chi connectivity index (χ3n) is 7.03. The first kappa shape index (κ1) is 22.1. The molecule has 0 N–H and O–H groups in total. The van der Waals surface area contributed by atoms with Crippen LogP contribution in [-0.4, -0.2) is 26.2 Å². The number of esters is 2. The third kappa shape index (κ3) is 4.28. The molecule has 2 aliphatic rings. The number of hydrogen-bond acceptors (Lipinski definition) is 4. The van der Waals surface area contributed by atoms with E-state index in [-0.39, 0.29) is 23.8 Å². The lowest BCUT2D eigenvalue weighted by molar-refractivity contribution is -0.143. The van der Waals surface area contributed by atoms with Crippen molar-refractivity contribution in [1.82, 2.24) is 0 Å². The van der Waals surface area contributed by atoms with Gasteiger partial charge in [-0.2, -0.15) is 0 Å². The molecule has 172 valence electrons. The van der Waals surface area contributed by atoms with E-state index in [1.807, 2.05) is 24.3 Å². The summed E-state index contributed by atoms with van der Waals surface area (Å²) in [5.41, 5.74) is 2.55. The van der Waals surface area contributed by atoms with Crippen LogP contribution in [-0.2, 0) is 19.1 Å². The SMILES string of the molecule is COC(=O)C1CC1c1cccc2ccccc12.COC(=O)C1CC1c1cccc2ccccc12. The molecule has 0 saturated heterocycles. The van der Waals surface area contributed by atoms with Crippen molar-refractivity contribution in [3.05, 3.63) is 96.1 Å². The van der Waals surface area contributed by atoms with E-state index < -0.39 is 0 Å². The summed E-state index contributed by atoms with van der Waals surface area (Å²) in [6.07, 6.45) is 1.83. The van der Waals surface area contributed by atoms with E-state index in [2.05, 4.69) is 60.7 Å². The van der Waals surface area contributed by atoms with Gasteiger partial charge in [0.05, 0.1) is 26.1 Å². The highest BCUT2D eigenvalue weighted by molar-refractivity contribution is 5.89. The molecule has 4 aromatic carbocycles. The summed E-state index contributed by atoms with van der Waals surface area (Å²) >= 11 is 0. The van der Waals surface area contributed by atoms with Crippen molar-refractivity contribution in [3.8, 4) is 0 Å². The lowest BCUT2D eigenvalue weighted by atomic mass is 10.0. The molecule has 4 unspecified atom stereocenters. The maximum absolute atomic E-state index is 11.5. The molecule has 4 heteroatoms. The second-order valence-electron chi connectivity index (χ2n) is 9.08. The molecule has 2 fully saturated rings. The standard InChI is InChI=1S/2C15H14O2/c2*1-17-15(16)14-9-13(14)12-8-4-6-10-5-2-3-7-11(10)12/h2*2-8,13-14H,9H2,1H3. The number of hydrogen-bond donors (Lipinski definition) is 0. The number of ether oxygens (including phenoxy) is 2. The van der Waals surface area contributed by atoms with Gasteiger partial charge in [-0.15, -0.1) is 0 Å². The van der Waals surface area contributed by atoms with Gasteiger partial charge < -0.3 is 9.47 Å². The minimum atomic E-state index is -0.0806. The number of benzene rings is 4. The molecular formula is C30H28O4. The van der Waals surface area contributed by atoms with Crippen LogP contribution in [0.4, 0.5) is 0 Å². The fourth-order valence-electron chi connectivity index (χ4n) is 5.05. The Labute approximate surface area is 199 Å². The molecule has 34 heavy (non-hydrogen) atoms. The molecule has 0 amide bonds. The second-order valence-corrected chi connectivity index (χ2v) is 9.08. The summed E-state index contributed by atoms with van der Waals surface area (Å²) in [6.45, 7) is 0. The lowest BCUT2D eigenvalue weighted by Crippen LogP contribution is -2.03. The summed E-state index contributed by atoms with van der Waals surface area (Å²) in [4.78, 5) is 22.9. The maximum atomic E-state index is 11.5. The maximum Gasteiger partial charge on any atom is 0.309 e. The van der Waals surface area contributed by atoms with Crippen molar-refractivity contribution < 1.29 is 19.1 Å². The summed E-state index contributed by atoms with van der Waals surface area (Å²) in [5, 5.41) is 4.99. The molecule has 2 aliphatic carbocycles. The van der Waals surface area contributed by atoms with E-state index in [9.17, 15) is 9.59 Å². The predicted octanol–water partition coefficient (Wildman–Crippen LogP) is 6.23. The molecular weight excluding hydrogens is 424 g/mol. The Bertz CT molecular complexity index is 1240. The van der Waals surface area contributed by atoms with Crippen molar-refractivity contribution in [1.29, 1.82) is 0 Å². The average molecular weight is 453 g/mol. The fraction of sp³-hybridized carbons (Fsp3) is 0.267. The van der Waals surface area contributed by atoms with Crippen molar-refractivity contribution in [2.75, 3.05) is 14.2 Å². The lowest BCUT2D eigenvalue weighted by Gasteiger charge is -2.05. The van der Waals surface area contributed by atoms with Crippen molar-refractivity contribution >= 4 is 33.5 Å². The van der Waals surface area contributed by atoms with Gasteiger partial charge in [-0.25, -0.2) is 0 Å². The predicted molar refractivity (Wildman–Crippen MR) is 134 cm³/mol. The number of carbonyl (C=O) groups is 2. The molecule has 2 saturated carbocycles. The highest BCUT2D eigenvalue weighted by Gasteiger charge is 2.46. The van der Waals surface area contributed by atoms with Gasteiger partial charge in [-0.1, -0.05) is 84.9 Å². The van der Waals surface area contributed by atoms with Gasteiger partial charge in [0, 0.05) is 0 Å². The van der Waals surface area contributed by atoms with Crippen LogP contribution in [0.25, 0.3) is 21.5 Å². The van der Waals surface area contributed by atoms with Gasteiger partial charge in [0.15, 0.2) is 0 Å². The summed E-state index contributed by atoms with van der Waals surface area (Å²) in [5.74, 6) is 0.643. The zero-order chi connectivity index (χ0) is 23.7. The van der Waals surface area contributed by atoms with Crippen LogP contribution in [0.3, 0.4) is 0 Å². The molecule has 4 aromatic rings. The van der Waals surface area contributed by atoms with E-state index in [0.717, 1.165) is 12.8 Å². The average Bonchev–Trinajstić information content (AvgIpc) is 3.82. The minimum Gasteiger partial charge on any atom is -0.469 e. The molecule has 0 spiro atoms. The summed E-state index contributed by atoms with van der Waals surface area (Å²) in [7, 11) is 2.92. The molecule has 0 bridgehead atoms. The zero-order valence-electron chi connectivity index (χ0n) is 19.4. The van der Waals surface area contributed by atoms with E-state index in [0.29, 0.717) is 11.8 Å². The van der Waals surface area contributed by atoms with Gasteiger partial charge in [0.25, 0.3) is 0 Å². The summed E-state index contributed by atoms with van der Waals surface area (Å²) in [6, 6.07) is 29.2. The van der Waals surface area contributed by atoms with Crippen molar-refractivity contribution in [2.45, 2.75) is 24.7 Å². The second kappa shape index (κ2) is 9.30. The number of carbonyl (C=O) groups excluding carboxylic acids is 2. The van der Waals surface area contributed by atoms with Crippen LogP contribution in [0.2, 0.25) is 0 Å². The molecule has 0 heterocycles. The van der Waals surface area contributed by atoms with Crippen molar-refractivity contribution in [2.24, 2.45) is 11.8 Å². The highest BCUT2D eigenvalue weighted by Crippen LogP contribution is 2.50. The largest absolute Gasteiger partial charge is 0.469 e. The first-order valence-corrected chi connectivity index (χ1v) is 11.7. The Kier molecular flexibility index (Phi) is 6.06. The van der Waals surface area contributed by atoms with Crippen LogP contribution in [0, 0.1) is 11.8 Å². The molecule has 4 nitrogen and oxygen atoms in total. The number of fused-ring (bicyclic) bond motifs is 2. The molecule has 0 radical (unpaired) electrons. The molecule has 6 rings (SSSR count). The van der Waals surface area contributed by atoms with Gasteiger partial charge in [0.1, 0.15) is 0 Å². The first-order valence-electron chi connectivity index (χ1n) is 11.7. The Morgan fingerprint density at radius 2 is 0.971 bits per heavy atom. The number of methoxy groups -OCH3 is 2. The van der Waals surface area contributed by atoms with Crippen LogP contribution >= 0.6 is 0 Å². The Morgan fingerprint density at radius 3 is 1.38 bits per heavy atom. The Morgan fingerprint density at radius 1 is 0.588 bits per heavy atom. The van der Waals surface area contributed by atoms with Crippen molar-refractivity contribution in [3.63, 3.8) is 0 Å². The van der Waals surface area contributed by atoms with E-state index in [1.165, 1.54) is 46.9 Å². The van der Waals surface area contributed by atoms with Crippen LogP contribution < -0.4 is 0 Å². The van der Waals surface area contributed by atoms with Gasteiger partial charge >= 0.3 is 11.9 Å². The topological polar surface area (TPSA) is 52.6 Å². The Hall–Kier alpha value is -3.66. The molecule has 4 atom stereocenters. The van der Waals surface area contributed by atoms with Gasteiger partial charge in [-0.05, 0) is 57.3 Å². The molecule has 0 aliphatic heterocycles. The van der Waals surface area contributed by atoms with Gasteiger partial charge in [0.2, 0.25) is 0 Å².